The Hall–Kier alpha value is -1.82. The summed E-state index contributed by atoms with van der Waals surface area (Å²) >= 11 is 0. The topological polar surface area (TPSA) is 65.1 Å². The van der Waals surface area contributed by atoms with Crippen LogP contribution in [0.4, 0.5) is 5.95 Å². The molecule has 0 bridgehead atoms. The molecule has 0 aliphatic heterocycles. The first-order valence-electron chi connectivity index (χ1n) is 6.80. The second-order valence-corrected chi connectivity index (χ2v) is 4.90. The molecule has 2 aromatic heterocycles. The standard InChI is InChI=1S/C14H22N4O2/c1-10-9-18(6-5-7-19-4)14(16-10)15-8-13-11(2)17-20-12(13)3/h9H,5-8H2,1-4H3,(H,15,16). The summed E-state index contributed by atoms with van der Waals surface area (Å²) in [5, 5.41) is 7.31. The lowest BCUT2D eigenvalue weighted by Gasteiger charge is -2.09. The Kier molecular flexibility index (Phi) is 4.79. The molecule has 0 unspecified atom stereocenters. The molecule has 0 saturated carbocycles. The van der Waals surface area contributed by atoms with Gasteiger partial charge in [0.05, 0.1) is 11.4 Å². The Morgan fingerprint density at radius 3 is 2.80 bits per heavy atom. The smallest absolute Gasteiger partial charge is 0.203 e. The molecule has 0 atom stereocenters. The van der Waals surface area contributed by atoms with Gasteiger partial charge in [-0.25, -0.2) is 4.98 Å². The molecule has 2 aromatic rings. The number of ether oxygens (including phenoxy) is 1. The zero-order valence-corrected chi connectivity index (χ0v) is 12.6. The van der Waals surface area contributed by atoms with E-state index in [1.165, 1.54) is 0 Å². The molecule has 6 heteroatoms. The van der Waals surface area contributed by atoms with Crippen molar-refractivity contribution in [2.45, 2.75) is 40.3 Å². The van der Waals surface area contributed by atoms with E-state index in [4.69, 9.17) is 9.26 Å². The van der Waals surface area contributed by atoms with Gasteiger partial charge in [0, 0.05) is 38.6 Å². The van der Waals surface area contributed by atoms with E-state index in [0.717, 1.165) is 48.2 Å². The monoisotopic (exact) mass is 278 g/mol. The normalized spacial score (nSPS) is 11.0. The van der Waals surface area contributed by atoms with Crippen LogP contribution in [-0.2, 0) is 17.8 Å². The van der Waals surface area contributed by atoms with Crippen LogP contribution in [0.15, 0.2) is 10.7 Å². The number of nitrogens with zero attached hydrogens (tertiary/aromatic N) is 3. The largest absolute Gasteiger partial charge is 0.385 e. The summed E-state index contributed by atoms with van der Waals surface area (Å²) < 4.78 is 12.4. The van der Waals surface area contributed by atoms with Crippen LogP contribution in [0.25, 0.3) is 0 Å². The molecular formula is C14H22N4O2. The minimum absolute atomic E-state index is 0.669. The summed E-state index contributed by atoms with van der Waals surface area (Å²) in [7, 11) is 1.72. The van der Waals surface area contributed by atoms with Gasteiger partial charge in [-0.15, -0.1) is 0 Å². The van der Waals surface area contributed by atoms with Crippen molar-refractivity contribution in [1.29, 1.82) is 0 Å². The number of hydrogen-bond acceptors (Lipinski definition) is 5. The van der Waals surface area contributed by atoms with Crippen LogP contribution >= 0.6 is 0 Å². The summed E-state index contributed by atoms with van der Waals surface area (Å²) in [5.74, 6) is 1.72. The molecule has 110 valence electrons. The maximum atomic E-state index is 5.16. The second-order valence-electron chi connectivity index (χ2n) is 4.90. The van der Waals surface area contributed by atoms with Crippen molar-refractivity contribution in [3.8, 4) is 0 Å². The molecule has 0 fully saturated rings. The number of hydrogen-bond donors (Lipinski definition) is 1. The zero-order valence-electron chi connectivity index (χ0n) is 12.6. The van der Waals surface area contributed by atoms with Crippen molar-refractivity contribution in [2.24, 2.45) is 0 Å². The van der Waals surface area contributed by atoms with Gasteiger partial charge in [-0.2, -0.15) is 0 Å². The average molecular weight is 278 g/mol. The Balaban J connectivity index is 2.02. The van der Waals surface area contributed by atoms with Crippen molar-refractivity contribution in [3.63, 3.8) is 0 Å². The van der Waals surface area contributed by atoms with Gasteiger partial charge in [0.25, 0.3) is 0 Å². The molecule has 2 heterocycles. The Morgan fingerprint density at radius 2 is 2.15 bits per heavy atom. The lowest BCUT2D eigenvalue weighted by molar-refractivity contribution is 0.190. The molecule has 0 aliphatic rings. The van der Waals surface area contributed by atoms with Gasteiger partial charge in [-0.3, -0.25) is 0 Å². The highest BCUT2D eigenvalue weighted by Crippen LogP contribution is 2.15. The van der Waals surface area contributed by atoms with E-state index in [2.05, 4.69) is 20.0 Å². The van der Waals surface area contributed by atoms with Gasteiger partial charge in [-0.05, 0) is 27.2 Å². The van der Waals surface area contributed by atoms with Gasteiger partial charge in [0.2, 0.25) is 5.95 Å². The summed E-state index contributed by atoms with van der Waals surface area (Å²) in [5.41, 5.74) is 3.02. The SMILES string of the molecule is COCCCn1cc(C)nc1NCc1c(C)noc1C. The van der Waals surface area contributed by atoms with Crippen molar-refractivity contribution in [3.05, 3.63) is 28.9 Å². The predicted octanol–water partition coefficient (Wildman–Crippen LogP) is 2.44. The minimum Gasteiger partial charge on any atom is -0.385 e. The van der Waals surface area contributed by atoms with E-state index >= 15 is 0 Å². The van der Waals surface area contributed by atoms with E-state index in [1.807, 2.05) is 27.0 Å². The lowest BCUT2D eigenvalue weighted by atomic mass is 10.2. The molecule has 1 N–H and O–H groups in total. The van der Waals surface area contributed by atoms with Crippen LogP contribution in [-0.4, -0.2) is 28.4 Å². The first kappa shape index (κ1) is 14.6. The zero-order chi connectivity index (χ0) is 14.5. The van der Waals surface area contributed by atoms with Gasteiger partial charge < -0.3 is 19.1 Å². The number of imidazole rings is 1. The highest BCUT2D eigenvalue weighted by molar-refractivity contribution is 5.32. The molecule has 0 aromatic carbocycles. The van der Waals surface area contributed by atoms with Crippen molar-refractivity contribution in [2.75, 3.05) is 19.0 Å². The molecule has 20 heavy (non-hydrogen) atoms. The second kappa shape index (κ2) is 6.56. The molecule has 6 nitrogen and oxygen atoms in total. The molecule has 0 radical (unpaired) electrons. The fourth-order valence-corrected chi connectivity index (χ4v) is 2.16. The maximum absolute atomic E-state index is 5.16. The molecule has 0 saturated heterocycles. The highest BCUT2D eigenvalue weighted by Gasteiger charge is 2.11. The van der Waals surface area contributed by atoms with E-state index in [0.29, 0.717) is 6.54 Å². The Morgan fingerprint density at radius 1 is 1.35 bits per heavy atom. The number of nitrogens with one attached hydrogen (secondary N) is 1. The van der Waals surface area contributed by atoms with Gasteiger partial charge in [0.1, 0.15) is 5.76 Å². The van der Waals surface area contributed by atoms with Crippen molar-refractivity contribution in [1.82, 2.24) is 14.7 Å². The van der Waals surface area contributed by atoms with E-state index in [-0.39, 0.29) is 0 Å². The number of rotatable bonds is 7. The number of aryl methyl sites for hydroxylation is 4. The van der Waals surface area contributed by atoms with Gasteiger partial charge in [-0.1, -0.05) is 5.16 Å². The van der Waals surface area contributed by atoms with Crippen LogP contribution in [0.5, 0.6) is 0 Å². The third-order valence-corrected chi connectivity index (χ3v) is 3.25. The minimum atomic E-state index is 0.669. The molecule has 0 spiro atoms. The number of anilines is 1. The maximum Gasteiger partial charge on any atom is 0.203 e. The van der Waals surface area contributed by atoms with E-state index in [9.17, 15) is 0 Å². The third-order valence-electron chi connectivity index (χ3n) is 3.25. The van der Waals surface area contributed by atoms with Crippen LogP contribution in [0.3, 0.4) is 0 Å². The molecule has 2 rings (SSSR count). The fourth-order valence-electron chi connectivity index (χ4n) is 2.16. The molecule has 0 amide bonds. The Labute approximate surface area is 119 Å². The summed E-state index contributed by atoms with van der Waals surface area (Å²) in [6.07, 6.45) is 3.01. The van der Waals surface area contributed by atoms with Crippen molar-refractivity contribution < 1.29 is 9.26 Å². The summed E-state index contributed by atoms with van der Waals surface area (Å²) in [6.45, 7) is 8.17. The van der Waals surface area contributed by atoms with Crippen LogP contribution in [0.1, 0.15) is 29.1 Å². The summed E-state index contributed by atoms with van der Waals surface area (Å²) in [6, 6.07) is 0. The van der Waals surface area contributed by atoms with Crippen LogP contribution in [0.2, 0.25) is 0 Å². The van der Waals surface area contributed by atoms with Gasteiger partial charge >= 0.3 is 0 Å². The quantitative estimate of drug-likeness (QED) is 0.788. The third kappa shape index (κ3) is 3.39. The number of aromatic nitrogens is 3. The van der Waals surface area contributed by atoms with E-state index in [1.54, 1.807) is 7.11 Å². The van der Waals surface area contributed by atoms with Crippen molar-refractivity contribution >= 4 is 5.95 Å². The number of methoxy groups -OCH3 is 1. The van der Waals surface area contributed by atoms with Gasteiger partial charge in [0.15, 0.2) is 0 Å². The molecule has 0 aliphatic carbocycles. The predicted molar refractivity (Wildman–Crippen MR) is 76.8 cm³/mol. The summed E-state index contributed by atoms with van der Waals surface area (Å²) in [4.78, 5) is 4.51. The Bertz CT molecular complexity index is 540. The average Bonchev–Trinajstić information content (AvgIpc) is 2.92. The molecular weight excluding hydrogens is 256 g/mol. The van der Waals surface area contributed by atoms with Crippen LogP contribution in [0, 0.1) is 20.8 Å². The van der Waals surface area contributed by atoms with E-state index < -0.39 is 0 Å². The highest BCUT2D eigenvalue weighted by atomic mass is 16.5. The lowest BCUT2D eigenvalue weighted by Crippen LogP contribution is -2.09. The first-order valence-corrected chi connectivity index (χ1v) is 6.80. The fraction of sp³-hybridized carbons (Fsp3) is 0.571. The first-order chi connectivity index (χ1) is 9.61. The van der Waals surface area contributed by atoms with Crippen LogP contribution < -0.4 is 5.32 Å².